The number of aryl methyl sites for hydroxylation is 2. The van der Waals surface area contributed by atoms with Gasteiger partial charge in [-0.3, -0.25) is 14.4 Å². The van der Waals surface area contributed by atoms with Crippen LogP contribution in [0, 0.1) is 0 Å². The van der Waals surface area contributed by atoms with Crippen LogP contribution in [0.25, 0.3) is 21.7 Å². The molecule has 0 aliphatic carbocycles. The third-order valence-electron chi connectivity index (χ3n) is 9.82. The molecule has 3 heterocycles. The van der Waals surface area contributed by atoms with Crippen molar-refractivity contribution in [1.29, 1.82) is 0 Å². The van der Waals surface area contributed by atoms with E-state index in [1.165, 1.54) is 4.90 Å². The van der Waals surface area contributed by atoms with Gasteiger partial charge in [-0.25, -0.2) is 5.10 Å². The van der Waals surface area contributed by atoms with Crippen molar-refractivity contribution in [2.75, 3.05) is 13.6 Å². The molecule has 1 fully saturated rings. The van der Waals surface area contributed by atoms with Gasteiger partial charge in [-0.2, -0.15) is 0 Å². The minimum atomic E-state index is -0.952. The van der Waals surface area contributed by atoms with Gasteiger partial charge in [0.1, 0.15) is 17.9 Å². The van der Waals surface area contributed by atoms with Crippen LogP contribution in [0.15, 0.2) is 103 Å². The summed E-state index contributed by atoms with van der Waals surface area (Å²) in [5.74, 6) is -0.320. The van der Waals surface area contributed by atoms with E-state index in [-0.39, 0.29) is 31.2 Å². The number of likely N-dealkylation sites (N-methyl/N-ethyl adjacent to an activating group) is 1. The monoisotopic (exact) mass is 698 g/mol. The molecule has 3 atom stereocenters. The van der Waals surface area contributed by atoms with Crippen molar-refractivity contribution >= 4 is 39.4 Å². The number of β-amino-alcohol motifs (C(OH)–C–C–N with tert-alkyl or cyclic N) is 1. The Labute approximate surface area is 301 Å². The summed E-state index contributed by atoms with van der Waals surface area (Å²) in [4.78, 5) is 45.6. The summed E-state index contributed by atoms with van der Waals surface area (Å²) >= 11 is 0. The van der Waals surface area contributed by atoms with E-state index in [4.69, 9.17) is 0 Å². The average molecular weight is 699 g/mol. The number of para-hydroxylation sites is 1. The van der Waals surface area contributed by atoms with Gasteiger partial charge < -0.3 is 24.8 Å². The summed E-state index contributed by atoms with van der Waals surface area (Å²) < 4.78 is 2.06. The molecule has 12 nitrogen and oxygen atoms in total. The number of carbonyl (C=O) groups is 3. The number of H-pyrrole nitrogens is 1. The molecular weight excluding hydrogens is 656 g/mol. The Kier molecular flexibility index (Phi) is 10.3. The first-order chi connectivity index (χ1) is 25.3. The van der Waals surface area contributed by atoms with E-state index < -0.39 is 24.1 Å². The molecule has 12 heteroatoms. The average Bonchev–Trinajstić information content (AvgIpc) is 3.92. The molecule has 7 rings (SSSR count). The van der Waals surface area contributed by atoms with Crippen molar-refractivity contribution in [3.63, 3.8) is 0 Å². The lowest BCUT2D eigenvalue weighted by Gasteiger charge is -2.28. The van der Waals surface area contributed by atoms with Crippen molar-refractivity contribution in [2.24, 2.45) is 0 Å². The lowest BCUT2D eigenvalue weighted by Crippen LogP contribution is -2.54. The Hall–Kier alpha value is -5.88. The second-order valence-corrected chi connectivity index (χ2v) is 13.5. The fourth-order valence-electron chi connectivity index (χ4n) is 7.17. The van der Waals surface area contributed by atoms with Crippen LogP contribution in [0.4, 0.5) is 0 Å². The molecule has 0 unspecified atom stereocenters. The van der Waals surface area contributed by atoms with Crippen molar-refractivity contribution in [1.82, 2.24) is 40.3 Å². The first-order valence-corrected chi connectivity index (χ1v) is 17.7. The normalized spacial score (nSPS) is 16.3. The fourth-order valence-corrected chi connectivity index (χ4v) is 7.17. The number of tetrazole rings is 1. The maximum Gasteiger partial charge on any atom is 0.256 e. The number of fused-ring (bicyclic) bond motifs is 2. The number of aromatic nitrogens is 5. The van der Waals surface area contributed by atoms with Gasteiger partial charge in [-0.15, -0.1) is 5.10 Å². The number of benzene rings is 4. The van der Waals surface area contributed by atoms with Gasteiger partial charge in [0, 0.05) is 63.0 Å². The molecule has 1 saturated heterocycles. The number of rotatable bonds is 13. The Morgan fingerprint density at radius 2 is 1.71 bits per heavy atom. The summed E-state index contributed by atoms with van der Waals surface area (Å²) in [7, 11) is 1.73. The smallest absolute Gasteiger partial charge is 0.256 e. The van der Waals surface area contributed by atoms with Crippen LogP contribution in [0.3, 0.4) is 0 Å². The summed E-state index contributed by atoms with van der Waals surface area (Å²) in [6, 6.07) is 29.6. The highest BCUT2D eigenvalue weighted by Crippen LogP contribution is 2.28. The van der Waals surface area contributed by atoms with Crippen LogP contribution in [0.5, 0.6) is 0 Å². The molecule has 0 saturated carbocycles. The second-order valence-electron chi connectivity index (χ2n) is 13.5. The molecule has 0 bridgehead atoms. The van der Waals surface area contributed by atoms with Crippen LogP contribution in [0.2, 0.25) is 0 Å². The van der Waals surface area contributed by atoms with Gasteiger partial charge in [0.25, 0.3) is 5.91 Å². The van der Waals surface area contributed by atoms with E-state index in [2.05, 4.69) is 30.5 Å². The largest absolute Gasteiger partial charge is 0.391 e. The number of carbonyl (C=O) groups excluding carboxylic acids is 3. The minimum Gasteiger partial charge on any atom is -0.391 e. The number of hydrogen-bond acceptors (Lipinski definition) is 7. The number of amides is 3. The maximum absolute atomic E-state index is 14.3. The zero-order valence-corrected chi connectivity index (χ0v) is 29.1. The Morgan fingerprint density at radius 3 is 2.52 bits per heavy atom. The van der Waals surface area contributed by atoms with Crippen molar-refractivity contribution in [3.05, 3.63) is 126 Å². The van der Waals surface area contributed by atoms with Gasteiger partial charge in [-0.05, 0) is 51.2 Å². The highest BCUT2D eigenvalue weighted by Gasteiger charge is 2.41. The predicted octanol–water partition coefficient (Wildman–Crippen LogP) is 4.29. The first kappa shape index (κ1) is 34.6. The molecule has 6 aromatic rings. The molecule has 4 aromatic carbocycles. The molecular formula is C40H42N8O4. The van der Waals surface area contributed by atoms with Crippen LogP contribution in [0.1, 0.15) is 46.6 Å². The van der Waals surface area contributed by atoms with Crippen LogP contribution in [-0.4, -0.2) is 89.6 Å². The van der Waals surface area contributed by atoms with Crippen LogP contribution in [-0.2, 0) is 35.5 Å². The number of likely N-dealkylation sites (tertiary alicyclic amines) is 1. The topological polar surface area (TPSA) is 149 Å². The number of unbranched alkanes of at least 4 members (excludes halogenated alkanes) is 1. The Balaban J connectivity index is 1.11. The van der Waals surface area contributed by atoms with Crippen molar-refractivity contribution in [2.45, 2.75) is 63.4 Å². The van der Waals surface area contributed by atoms with E-state index in [0.29, 0.717) is 25.1 Å². The molecule has 3 amide bonds. The van der Waals surface area contributed by atoms with E-state index in [1.54, 1.807) is 11.9 Å². The summed E-state index contributed by atoms with van der Waals surface area (Å²) in [5, 5.41) is 30.7. The quantitative estimate of drug-likeness (QED) is 0.152. The molecule has 1 aliphatic heterocycles. The van der Waals surface area contributed by atoms with Gasteiger partial charge in [-0.1, -0.05) is 91.0 Å². The lowest BCUT2D eigenvalue weighted by molar-refractivity contribution is -0.136. The van der Waals surface area contributed by atoms with Gasteiger partial charge in [0.05, 0.1) is 11.7 Å². The van der Waals surface area contributed by atoms with E-state index in [1.807, 2.05) is 103 Å². The van der Waals surface area contributed by atoms with Gasteiger partial charge in [0.15, 0.2) is 0 Å². The van der Waals surface area contributed by atoms with Crippen LogP contribution >= 0.6 is 0 Å². The fraction of sp³-hybridized carbons (Fsp3) is 0.300. The zero-order chi connectivity index (χ0) is 36.0. The summed E-state index contributed by atoms with van der Waals surface area (Å²) in [5.41, 5.74) is 3.25. The standard InChI is InChI=1S/C40H42N8O4/c1-46(24-27-11-3-2-4-12-27)40(52)34(22-28-18-19-29-13-5-6-14-30(29)21-28)41-38(50)36-23-31(49)25-48(36)39(51)33-26-47(35-16-8-7-15-32(33)35)20-10-9-17-37-42-44-45-43-37/h2-8,11-16,18-19,21,26,31,34,36,49H,9-10,17,20,22-25H2,1H3,(H,41,50)(H,42,43,44,45)/t31-,34+,36-/m1/s1. The third kappa shape index (κ3) is 7.71. The van der Waals surface area contributed by atoms with Gasteiger partial charge >= 0.3 is 0 Å². The molecule has 266 valence electrons. The van der Waals surface area contributed by atoms with E-state index in [0.717, 1.165) is 51.5 Å². The number of hydrogen-bond donors (Lipinski definition) is 3. The first-order valence-electron chi connectivity index (χ1n) is 17.7. The molecule has 52 heavy (non-hydrogen) atoms. The molecule has 1 aliphatic rings. The molecule has 0 radical (unpaired) electrons. The summed E-state index contributed by atoms with van der Waals surface area (Å²) in [6.07, 6.45) is 3.70. The number of aromatic amines is 1. The third-order valence-corrected chi connectivity index (χ3v) is 9.82. The second kappa shape index (κ2) is 15.6. The Bertz CT molecular complexity index is 2170. The van der Waals surface area contributed by atoms with Crippen molar-refractivity contribution < 1.29 is 19.5 Å². The highest BCUT2D eigenvalue weighted by molar-refractivity contribution is 6.08. The molecule has 2 aromatic heterocycles. The number of aliphatic hydroxyl groups is 1. The SMILES string of the molecule is CN(Cc1ccccc1)C(=O)[C@H](Cc1ccc2ccccc2c1)NC(=O)[C@H]1C[C@@H](O)CN1C(=O)c1cn(CCCCc2nnn[nH]2)c2ccccc12. The Morgan fingerprint density at radius 1 is 0.942 bits per heavy atom. The molecule has 3 N–H and O–H groups in total. The zero-order valence-electron chi connectivity index (χ0n) is 29.1. The highest BCUT2D eigenvalue weighted by atomic mass is 16.3. The van der Waals surface area contributed by atoms with Crippen LogP contribution < -0.4 is 5.32 Å². The van der Waals surface area contributed by atoms with E-state index in [9.17, 15) is 19.5 Å². The summed E-state index contributed by atoms with van der Waals surface area (Å²) in [6.45, 7) is 1.06. The maximum atomic E-state index is 14.3. The van der Waals surface area contributed by atoms with Crippen molar-refractivity contribution in [3.8, 4) is 0 Å². The number of nitrogens with zero attached hydrogens (tertiary/aromatic N) is 6. The lowest BCUT2D eigenvalue weighted by atomic mass is 10.00. The minimum absolute atomic E-state index is 0.0127. The van der Waals surface area contributed by atoms with E-state index >= 15 is 0 Å². The predicted molar refractivity (Wildman–Crippen MR) is 197 cm³/mol. The number of nitrogens with one attached hydrogen (secondary N) is 2. The molecule has 0 spiro atoms. The number of aliphatic hydroxyl groups excluding tert-OH is 1. The van der Waals surface area contributed by atoms with Gasteiger partial charge in [0.2, 0.25) is 11.8 Å².